The van der Waals surface area contributed by atoms with Gasteiger partial charge in [0.05, 0.1) is 7.11 Å². The van der Waals surface area contributed by atoms with E-state index in [1.165, 1.54) is 16.7 Å². The number of hydrogen-bond acceptors (Lipinski definition) is 4. The first-order valence-electron chi connectivity index (χ1n) is 9.52. The monoisotopic (exact) mass is 360 g/mol. The van der Waals surface area contributed by atoms with Crippen LogP contribution >= 0.6 is 0 Å². The zero-order valence-electron chi connectivity index (χ0n) is 17.1. The van der Waals surface area contributed by atoms with Crippen molar-refractivity contribution in [2.75, 3.05) is 20.2 Å². The molecule has 0 spiro atoms. The molecule has 0 saturated carbocycles. The van der Waals surface area contributed by atoms with E-state index in [4.69, 9.17) is 9.47 Å². The zero-order valence-corrected chi connectivity index (χ0v) is 17.1. The van der Waals surface area contributed by atoms with Gasteiger partial charge >= 0.3 is 6.09 Å². The van der Waals surface area contributed by atoms with Crippen LogP contribution in [0.15, 0.2) is 12.1 Å². The average molecular weight is 360 g/mol. The highest BCUT2D eigenvalue weighted by Crippen LogP contribution is 2.39. The summed E-state index contributed by atoms with van der Waals surface area (Å²) in [5.74, 6) is 0.942. The molecule has 2 heterocycles. The van der Waals surface area contributed by atoms with Gasteiger partial charge in [0.1, 0.15) is 11.4 Å². The first-order chi connectivity index (χ1) is 12.1. The molecule has 3 rings (SSSR count). The molecule has 2 aliphatic heterocycles. The zero-order chi connectivity index (χ0) is 19.2. The smallest absolute Gasteiger partial charge is 0.410 e. The van der Waals surface area contributed by atoms with Crippen molar-refractivity contribution in [2.45, 2.75) is 71.7 Å². The molecule has 144 valence electrons. The number of carbonyl (C=O) groups is 1. The number of methoxy groups -OCH3 is 1. The first kappa shape index (κ1) is 19.0. The number of ether oxygens (including phenoxy) is 2. The number of nitrogens with zero attached hydrogens (tertiary/aromatic N) is 2. The van der Waals surface area contributed by atoms with Crippen LogP contribution < -0.4 is 4.74 Å². The van der Waals surface area contributed by atoms with Crippen molar-refractivity contribution in [3.8, 4) is 5.75 Å². The van der Waals surface area contributed by atoms with E-state index in [1.54, 1.807) is 7.11 Å². The lowest BCUT2D eigenvalue weighted by atomic mass is 9.96. The molecule has 2 aliphatic rings. The third kappa shape index (κ3) is 3.41. The summed E-state index contributed by atoms with van der Waals surface area (Å²) in [6.45, 7) is 14.0. The van der Waals surface area contributed by atoms with Gasteiger partial charge in [0.2, 0.25) is 0 Å². The molecule has 0 aromatic heterocycles. The van der Waals surface area contributed by atoms with Crippen LogP contribution in [0.4, 0.5) is 4.79 Å². The molecule has 2 bridgehead atoms. The lowest BCUT2D eigenvalue weighted by molar-refractivity contribution is 0.00961. The minimum absolute atomic E-state index is 0.172. The van der Waals surface area contributed by atoms with Gasteiger partial charge in [-0.25, -0.2) is 4.79 Å². The maximum atomic E-state index is 12.4. The van der Waals surface area contributed by atoms with E-state index in [0.29, 0.717) is 12.1 Å². The van der Waals surface area contributed by atoms with Crippen molar-refractivity contribution in [3.63, 3.8) is 0 Å². The topological polar surface area (TPSA) is 42.0 Å². The quantitative estimate of drug-likeness (QED) is 0.815. The Morgan fingerprint density at radius 3 is 2.38 bits per heavy atom. The lowest BCUT2D eigenvalue weighted by Gasteiger charge is -2.38. The van der Waals surface area contributed by atoms with Crippen LogP contribution in [0.5, 0.6) is 5.75 Å². The second-order valence-electron chi connectivity index (χ2n) is 8.66. The van der Waals surface area contributed by atoms with E-state index in [9.17, 15) is 4.79 Å². The fraction of sp³-hybridized carbons (Fsp3) is 0.667. The van der Waals surface area contributed by atoms with Gasteiger partial charge in [0.25, 0.3) is 0 Å². The highest BCUT2D eigenvalue weighted by atomic mass is 16.6. The van der Waals surface area contributed by atoms with Crippen molar-refractivity contribution in [1.82, 2.24) is 9.80 Å². The van der Waals surface area contributed by atoms with Gasteiger partial charge in [-0.3, -0.25) is 4.90 Å². The largest absolute Gasteiger partial charge is 0.496 e. The predicted molar refractivity (Wildman–Crippen MR) is 103 cm³/mol. The van der Waals surface area contributed by atoms with Crippen molar-refractivity contribution in [3.05, 3.63) is 28.8 Å². The molecular formula is C21H32N2O3. The molecular weight excluding hydrogens is 328 g/mol. The van der Waals surface area contributed by atoms with Crippen LogP contribution in [-0.4, -0.2) is 53.8 Å². The molecule has 5 nitrogen and oxygen atoms in total. The second-order valence-corrected chi connectivity index (χ2v) is 8.66. The Balaban J connectivity index is 1.71. The Morgan fingerprint density at radius 2 is 1.85 bits per heavy atom. The Hall–Kier alpha value is -1.75. The minimum atomic E-state index is -0.441. The van der Waals surface area contributed by atoms with Gasteiger partial charge in [0, 0.05) is 31.2 Å². The first-order valence-corrected chi connectivity index (χ1v) is 9.52. The molecule has 0 radical (unpaired) electrons. The summed E-state index contributed by atoms with van der Waals surface area (Å²) >= 11 is 0. The van der Waals surface area contributed by atoms with E-state index < -0.39 is 5.60 Å². The average Bonchev–Trinajstić information content (AvgIpc) is 3.15. The molecule has 0 aliphatic carbocycles. The predicted octanol–water partition coefficient (Wildman–Crippen LogP) is 4.07. The third-order valence-electron chi connectivity index (χ3n) is 5.86. The molecule has 2 fully saturated rings. The van der Waals surface area contributed by atoms with Crippen molar-refractivity contribution >= 4 is 6.09 Å². The van der Waals surface area contributed by atoms with Gasteiger partial charge in [-0.2, -0.15) is 0 Å². The molecule has 1 aromatic carbocycles. The van der Waals surface area contributed by atoms with E-state index in [-0.39, 0.29) is 12.1 Å². The van der Waals surface area contributed by atoms with Crippen LogP contribution in [0.3, 0.4) is 0 Å². The molecule has 26 heavy (non-hydrogen) atoms. The number of piperazine rings is 1. The van der Waals surface area contributed by atoms with Gasteiger partial charge in [-0.1, -0.05) is 6.07 Å². The van der Waals surface area contributed by atoms with Crippen LogP contribution in [0.1, 0.15) is 56.8 Å². The maximum Gasteiger partial charge on any atom is 0.410 e. The summed E-state index contributed by atoms with van der Waals surface area (Å²) in [7, 11) is 1.72. The fourth-order valence-corrected chi connectivity index (χ4v) is 4.39. The van der Waals surface area contributed by atoms with Gasteiger partial charge < -0.3 is 14.4 Å². The molecule has 2 saturated heterocycles. The van der Waals surface area contributed by atoms with Crippen LogP contribution in [0.25, 0.3) is 0 Å². The van der Waals surface area contributed by atoms with E-state index in [0.717, 1.165) is 25.3 Å². The number of amides is 1. The number of fused-ring (bicyclic) bond motifs is 2. The standard InChI is InChI=1S/C21H32N2O3/c1-13-14(2)19(25-7)9-8-18(13)15(3)22-11-17-10-16(22)12-23(17)20(24)26-21(4,5)6/h8-9,15-17H,10-12H2,1-7H3/t15?,16-,17-/m0/s1. The normalized spacial score (nSPS) is 24.0. The maximum absolute atomic E-state index is 12.4. The lowest BCUT2D eigenvalue weighted by Crippen LogP contribution is -2.50. The molecule has 5 heteroatoms. The highest BCUT2D eigenvalue weighted by Gasteiger charge is 2.48. The SMILES string of the molecule is COc1ccc(C(C)N2C[C@@H]3C[C@H]2CN3C(=O)OC(C)(C)C)c(C)c1C. The van der Waals surface area contributed by atoms with E-state index >= 15 is 0 Å². The van der Waals surface area contributed by atoms with Crippen molar-refractivity contribution in [1.29, 1.82) is 0 Å². The summed E-state index contributed by atoms with van der Waals surface area (Å²) in [6.07, 6.45) is 0.867. The Morgan fingerprint density at radius 1 is 1.15 bits per heavy atom. The number of hydrogen-bond donors (Lipinski definition) is 0. The summed E-state index contributed by atoms with van der Waals surface area (Å²) < 4.78 is 11.0. The number of rotatable bonds is 3. The van der Waals surface area contributed by atoms with Crippen molar-refractivity contribution < 1.29 is 14.3 Å². The Kier molecular flexibility index (Phi) is 4.95. The third-order valence-corrected chi connectivity index (χ3v) is 5.86. The fourth-order valence-electron chi connectivity index (χ4n) is 4.39. The molecule has 0 N–H and O–H groups in total. The van der Waals surface area contributed by atoms with Crippen LogP contribution in [0.2, 0.25) is 0 Å². The van der Waals surface area contributed by atoms with E-state index in [1.807, 2.05) is 25.7 Å². The Labute approximate surface area is 157 Å². The van der Waals surface area contributed by atoms with Gasteiger partial charge in [0.15, 0.2) is 0 Å². The highest BCUT2D eigenvalue weighted by molar-refractivity contribution is 5.69. The number of benzene rings is 1. The molecule has 1 unspecified atom stereocenters. The van der Waals surface area contributed by atoms with Crippen LogP contribution in [0, 0.1) is 13.8 Å². The second kappa shape index (κ2) is 6.76. The minimum Gasteiger partial charge on any atom is -0.496 e. The van der Waals surface area contributed by atoms with Crippen LogP contribution in [-0.2, 0) is 4.74 Å². The van der Waals surface area contributed by atoms with Gasteiger partial charge in [-0.05, 0) is 70.7 Å². The number of carbonyl (C=O) groups excluding carboxylic acids is 1. The summed E-state index contributed by atoms with van der Waals surface area (Å²) in [4.78, 5) is 16.9. The summed E-state index contributed by atoms with van der Waals surface area (Å²) in [5.41, 5.74) is 3.41. The Bertz CT molecular complexity index is 695. The number of likely N-dealkylation sites (tertiary alicyclic amines) is 2. The molecule has 3 atom stereocenters. The summed E-state index contributed by atoms with van der Waals surface area (Å²) in [5, 5.41) is 0. The molecule has 1 amide bonds. The van der Waals surface area contributed by atoms with Crippen molar-refractivity contribution in [2.24, 2.45) is 0 Å². The van der Waals surface area contributed by atoms with Gasteiger partial charge in [-0.15, -0.1) is 0 Å². The van der Waals surface area contributed by atoms with E-state index in [2.05, 4.69) is 37.8 Å². The molecule has 1 aromatic rings. The summed E-state index contributed by atoms with van der Waals surface area (Å²) in [6, 6.07) is 5.25.